The van der Waals surface area contributed by atoms with Gasteiger partial charge in [0.15, 0.2) is 0 Å². The molecule has 0 saturated carbocycles. The Labute approximate surface area is 250 Å². The summed E-state index contributed by atoms with van der Waals surface area (Å²) in [5.74, 6) is 6.03. The van der Waals surface area contributed by atoms with Gasteiger partial charge in [-0.05, 0) is 73.4 Å². The molecular formula is C34H62N2O2Si2. The molecule has 40 heavy (non-hydrogen) atoms. The molecule has 0 aliphatic heterocycles. The summed E-state index contributed by atoms with van der Waals surface area (Å²) >= 11 is 0. The molecule has 2 amide bonds. The highest BCUT2D eigenvalue weighted by molar-refractivity contribution is 6.91. The number of amides is 2. The molecule has 0 atom stereocenters. The van der Waals surface area contributed by atoms with Crippen LogP contribution in [0.3, 0.4) is 0 Å². The lowest BCUT2D eigenvalue weighted by Gasteiger charge is -2.38. The molecule has 0 bridgehead atoms. The Morgan fingerprint density at radius 2 is 1.02 bits per heavy atom. The van der Waals surface area contributed by atoms with E-state index < -0.39 is 28.0 Å². The van der Waals surface area contributed by atoms with Crippen LogP contribution in [-0.4, -0.2) is 51.5 Å². The van der Waals surface area contributed by atoms with Gasteiger partial charge in [-0.3, -0.25) is 9.59 Å². The Morgan fingerprint density at radius 3 is 1.38 bits per heavy atom. The minimum absolute atomic E-state index is 0.0386. The van der Waals surface area contributed by atoms with Gasteiger partial charge in [-0.1, -0.05) is 94.9 Å². The first-order chi connectivity index (χ1) is 18.3. The smallest absolute Gasteiger partial charge is 0.312 e. The first-order valence-corrected chi connectivity index (χ1v) is 20.1. The topological polar surface area (TPSA) is 49.4 Å². The molecule has 0 radical (unpaired) electrons. The van der Waals surface area contributed by atoms with Gasteiger partial charge in [0.1, 0.15) is 16.1 Å². The van der Waals surface area contributed by atoms with Crippen molar-refractivity contribution in [2.45, 2.75) is 163 Å². The first kappa shape index (κ1) is 38.2. The summed E-state index contributed by atoms with van der Waals surface area (Å²) in [5, 5.41) is 2.86. The van der Waals surface area contributed by atoms with Gasteiger partial charge in [-0.2, -0.15) is 0 Å². The number of carbonyl (C=O) groups is 2. The van der Waals surface area contributed by atoms with Crippen molar-refractivity contribution in [3.8, 4) is 22.9 Å². The Balaban J connectivity index is 6.50. The van der Waals surface area contributed by atoms with Crippen molar-refractivity contribution in [1.82, 2.24) is 10.2 Å². The van der Waals surface area contributed by atoms with E-state index in [1.165, 1.54) is 0 Å². The maximum absolute atomic E-state index is 12.8. The lowest BCUT2D eigenvalue weighted by molar-refractivity contribution is -0.148. The zero-order chi connectivity index (χ0) is 31.6. The summed E-state index contributed by atoms with van der Waals surface area (Å²) in [5.41, 5.74) is 11.8. The van der Waals surface area contributed by atoms with Crippen LogP contribution in [0.5, 0.6) is 0 Å². The largest absolute Gasteiger partial charge is 0.347 e. The summed E-state index contributed by atoms with van der Waals surface area (Å²) in [6.07, 6.45) is 2.56. The van der Waals surface area contributed by atoms with Crippen molar-refractivity contribution in [2.24, 2.45) is 0 Å². The molecule has 0 aliphatic rings. The maximum atomic E-state index is 12.8. The van der Waals surface area contributed by atoms with Crippen LogP contribution in [0.25, 0.3) is 0 Å². The van der Waals surface area contributed by atoms with E-state index in [9.17, 15) is 9.59 Å². The fourth-order valence-electron chi connectivity index (χ4n) is 7.04. The fraction of sp³-hybridized carbons (Fsp3) is 0.765. The van der Waals surface area contributed by atoms with E-state index in [0.717, 1.165) is 5.57 Å². The first-order valence-electron chi connectivity index (χ1n) is 15.7. The lowest BCUT2D eigenvalue weighted by atomic mass is 10.2. The van der Waals surface area contributed by atoms with Crippen LogP contribution in [0.1, 0.15) is 117 Å². The molecule has 0 spiro atoms. The predicted molar refractivity (Wildman–Crippen MR) is 180 cm³/mol. The molecule has 0 aromatic heterocycles. The quantitative estimate of drug-likeness (QED) is 0.150. The predicted octanol–water partition coefficient (Wildman–Crippen LogP) is 8.51. The number of nitrogens with zero attached hydrogens (tertiary/aromatic N) is 1. The molecule has 4 nitrogen and oxygen atoms in total. The van der Waals surface area contributed by atoms with Crippen LogP contribution in [0.15, 0.2) is 11.6 Å². The molecule has 0 unspecified atom stereocenters. The van der Waals surface area contributed by atoms with Gasteiger partial charge >= 0.3 is 11.8 Å². The maximum Gasteiger partial charge on any atom is 0.312 e. The summed E-state index contributed by atoms with van der Waals surface area (Å²) < 4.78 is 0. The zero-order valence-corrected chi connectivity index (χ0v) is 30.9. The molecule has 0 aromatic carbocycles. The second-order valence-corrected chi connectivity index (χ2v) is 25.0. The fourth-order valence-corrected chi connectivity index (χ4v) is 17.5. The third-order valence-electron chi connectivity index (χ3n) is 8.93. The standard InChI is InChI=1S/C34H62N2O2Si2/c1-24(2)36(25(3)4)34(38)33(37)35-21-19-32(20-23-40(29(11)12,30(13)14)31(15)16)18-17-22-39(26(5)6,27(7)8)28(9)10/h18,24-31H,19,21H2,1-16H3,(H,35,37)/b32-18-. The zero-order valence-electron chi connectivity index (χ0n) is 28.9. The van der Waals surface area contributed by atoms with Crippen LogP contribution in [0.2, 0.25) is 33.2 Å². The summed E-state index contributed by atoms with van der Waals surface area (Å²) in [7, 11) is -3.80. The van der Waals surface area contributed by atoms with Crippen LogP contribution in [-0.2, 0) is 9.59 Å². The highest BCUT2D eigenvalue weighted by Crippen LogP contribution is 2.41. The van der Waals surface area contributed by atoms with E-state index in [0.29, 0.717) is 46.2 Å². The van der Waals surface area contributed by atoms with Gasteiger partial charge in [-0.15, -0.1) is 11.1 Å². The number of carbonyl (C=O) groups excluding carboxylic acids is 2. The van der Waals surface area contributed by atoms with Crippen molar-refractivity contribution >= 4 is 28.0 Å². The number of hydrogen-bond donors (Lipinski definition) is 1. The van der Waals surface area contributed by atoms with Crippen molar-refractivity contribution in [2.75, 3.05) is 6.54 Å². The van der Waals surface area contributed by atoms with Gasteiger partial charge in [-0.25, -0.2) is 0 Å². The Kier molecular flexibility index (Phi) is 15.9. The van der Waals surface area contributed by atoms with Crippen molar-refractivity contribution in [3.63, 3.8) is 0 Å². The van der Waals surface area contributed by atoms with Gasteiger partial charge < -0.3 is 10.2 Å². The van der Waals surface area contributed by atoms with Gasteiger partial charge in [0, 0.05) is 24.2 Å². The molecule has 0 heterocycles. The van der Waals surface area contributed by atoms with E-state index in [-0.39, 0.29) is 12.1 Å². The molecule has 0 aliphatic carbocycles. The number of nitrogens with one attached hydrogen (secondary N) is 1. The summed E-state index contributed by atoms with van der Waals surface area (Å²) in [4.78, 5) is 27.2. The van der Waals surface area contributed by atoms with Gasteiger partial charge in [0.05, 0.1) is 0 Å². The van der Waals surface area contributed by atoms with Crippen LogP contribution < -0.4 is 5.32 Å². The van der Waals surface area contributed by atoms with Crippen LogP contribution >= 0.6 is 0 Å². The van der Waals surface area contributed by atoms with Crippen molar-refractivity contribution in [3.05, 3.63) is 11.6 Å². The van der Waals surface area contributed by atoms with E-state index in [4.69, 9.17) is 0 Å². The highest BCUT2D eigenvalue weighted by atomic mass is 28.3. The number of allylic oxidation sites excluding steroid dienone is 1. The summed E-state index contributed by atoms with van der Waals surface area (Å²) in [6, 6.07) is -0.0772. The van der Waals surface area contributed by atoms with Gasteiger partial charge in [0.25, 0.3) is 0 Å². The third kappa shape index (κ3) is 9.38. The molecule has 0 saturated heterocycles. The molecule has 1 N–H and O–H groups in total. The molecule has 228 valence electrons. The molecule has 0 rings (SSSR count). The van der Waals surface area contributed by atoms with Crippen molar-refractivity contribution < 1.29 is 9.59 Å². The van der Waals surface area contributed by atoms with E-state index in [1.807, 2.05) is 33.8 Å². The Hall–Kier alpha value is -1.77. The second-order valence-electron chi connectivity index (χ2n) is 13.9. The molecule has 0 fully saturated rings. The molecule has 0 aromatic rings. The van der Waals surface area contributed by atoms with E-state index in [1.54, 1.807) is 4.90 Å². The number of rotatable bonds is 11. The molecular weight excluding hydrogens is 525 g/mol. The van der Waals surface area contributed by atoms with Gasteiger partial charge in [0.2, 0.25) is 0 Å². The number of hydrogen-bond acceptors (Lipinski definition) is 2. The monoisotopic (exact) mass is 586 g/mol. The van der Waals surface area contributed by atoms with Crippen LogP contribution in [0.4, 0.5) is 0 Å². The summed E-state index contributed by atoms with van der Waals surface area (Å²) in [6.45, 7) is 35.9. The minimum Gasteiger partial charge on any atom is -0.347 e. The average molecular weight is 587 g/mol. The lowest BCUT2D eigenvalue weighted by Crippen LogP contribution is -2.49. The minimum atomic E-state index is -1.93. The van der Waals surface area contributed by atoms with E-state index in [2.05, 4.69) is 111 Å². The normalized spacial score (nSPS) is 12.9. The SMILES string of the molecule is CC(C)N(C(=O)C(=O)NCC/C(C#C[Si](C(C)C)(C(C)C)C(C)C)=C/C#C[Si](C(C)C)(C(C)C)C(C)C)C(C)C. The Bertz CT molecular complexity index is 931. The average Bonchev–Trinajstić information content (AvgIpc) is 2.79. The Morgan fingerprint density at radius 1 is 0.650 bits per heavy atom. The highest BCUT2D eigenvalue weighted by Gasteiger charge is 2.42. The van der Waals surface area contributed by atoms with Crippen molar-refractivity contribution in [1.29, 1.82) is 0 Å². The van der Waals surface area contributed by atoms with E-state index >= 15 is 0 Å². The third-order valence-corrected chi connectivity index (χ3v) is 21.5. The second kappa shape index (κ2) is 16.6. The molecule has 6 heteroatoms. The van der Waals surface area contributed by atoms with Crippen LogP contribution in [0, 0.1) is 22.9 Å².